The van der Waals surface area contributed by atoms with E-state index in [4.69, 9.17) is 5.11 Å². The number of carbonyl (C=O) groups is 1. The molecular weight excluding hydrogens is 156 g/mol. The molecule has 2 N–H and O–H groups in total. The molecule has 0 spiro atoms. The minimum absolute atomic E-state index is 0.0519. The molecule has 0 aromatic carbocycles. The molecule has 0 heterocycles. The molecule has 0 bridgehead atoms. The van der Waals surface area contributed by atoms with Crippen LogP contribution in [0.25, 0.3) is 0 Å². The van der Waals surface area contributed by atoms with Crippen LogP contribution in [0.3, 0.4) is 0 Å². The van der Waals surface area contributed by atoms with Crippen molar-refractivity contribution in [1.82, 2.24) is 10.2 Å². The molecule has 0 saturated heterocycles. The zero-order chi connectivity index (χ0) is 9.19. The number of hydrogen-bond acceptors (Lipinski definition) is 2. The van der Waals surface area contributed by atoms with Crippen molar-refractivity contribution in [2.45, 2.75) is 25.3 Å². The van der Waals surface area contributed by atoms with E-state index in [1.807, 2.05) is 6.92 Å². The molecule has 2 amide bonds. The lowest BCUT2D eigenvalue weighted by molar-refractivity contribution is 0.187. The summed E-state index contributed by atoms with van der Waals surface area (Å²) in [5.41, 5.74) is -0.291. The number of aliphatic hydroxyl groups is 1. The highest BCUT2D eigenvalue weighted by molar-refractivity contribution is 5.75. The van der Waals surface area contributed by atoms with Crippen molar-refractivity contribution in [3.05, 3.63) is 0 Å². The highest BCUT2D eigenvalue weighted by Crippen LogP contribution is 2.34. The summed E-state index contributed by atoms with van der Waals surface area (Å²) in [7, 11) is 1.74. The van der Waals surface area contributed by atoms with E-state index in [2.05, 4.69) is 5.32 Å². The van der Waals surface area contributed by atoms with Crippen molar-refractivity contribution < 1.29 is 9.90 Å². The summed E-state index contributed by atoms with van der Waals surface area (Å²) in [5, 5.41) is 11.7. The average Bonchev–Trinajstić information content (AvgIpc) is 2.84. The lowest BCUT2D eigenvalue weighted by Crippen LogP contribution is -2.46. The van der Waals surface area contributed by atoms with Crippen molar-refractivity contribution in [3.63, 3.8) is 0 Å². The van der Waals surface area contributed by atoms with E-state index in [1.165, 1.54) is 0 Å². The Morgan fingerprint density at radius 1 is 1.67 bits per heavy atom. The average molecular weight is 172 g/mol. The van der Waals surface area contributed by atoms with Crippen LogP contribution in [-0.4, -0.2) is 41.8 Å². The molecule has 4 heteroatoms. The topological polar surface area (TPSA) is 52.6 Å². The molecule has 70 valence electrons. The number of carbonyl (C=O) groups excluding carboxylic acids is 1. The third-order valence-corrected chi connectivity index (χ3v) is 2.35. The fraction of sp³-hybridized carbons (Fsp3) is 0.875. The van der Waals surface area contributed by atoms with Crippen LogP contribution in [0.2, 0.25) is 0 Å². The molecule has 12 heavy (non-hydrogen) atoms. The highest BCUT2D eigenvalue weighted by Gasteiger charge is 2.43. The van der Waals surface area contributed by atoms with Crippen LogP contribution in [-0.2, 0) is 0 Å². The summed E-state index contributed by atoms with van der Waals surface area (Å²) in [6, 6.07) is -0.0935. The van der Waals surface area contributed by atoms with Crippen LogP contribution in [0.1, 0.15) is 19.8 Å². The number of amides is 2. The first-order valence-corrected chi connectivity index (χ1v) is 4.28. The van der Waals surface area contributed by atoms with Gasteiger partial charge in [-0.25, -0.2) is 4.79 Å². The highest BCUT2D eigenvalue weighted by atomic mass is 16.3. The summed E-state index contributed by atoms with van der Waals surface area (Å²) in [6.45, 7) is 2.65. The second kappa shape index (κ2) is 3.31. The van der Waals surface area contributed by atoms with Gasteiger partial charge < -0.3 is 15.3 Å². The van der Waals surface area contributed by atoms with Gasteiger partial charge in [-0.3, -0.25) is 0 Å². The largest absolute Gasteiger partial charge is 0.394 e. The van der Waals surface area contributed by atoms with E-state index in [1.54, 1.807) is 11.9 Å². The van der Waals surface area contributed by atoms with Crippen LogP contribution in [0.15, 0.2) is 0 Å². The van der Waals surface area contributed by atoms with Gasteiger partial charge in [-0.2, -0.15) is 0 Å². The van der Waals surface area contributed by atoms with E-state index in [0.29, 0.717) is 6.54 Å². The van der Waals surface area contributed by atoms with Gasteiger partial charge in [0.05, 0.1) is 12.1 Å². The van der Waals surface area contributed by atoms with Gasteiger partial charge in [0.15, 0.2) is 0 Å². The minimum Gasteiger partial charge on any atom is -0.394 e. The predicted octanol–water partition coefficient (Wildman–Crippen LogP) is 0.173. The van der Waals surface area contributed by atoms with Crippen LogP contribution in [0.4, 0.5) is 4.79 Å². The molecule has 0 atom stereocenters. The predicted molar refractivity (Wildman–Crippen MR) is 45.9 cm³/mol. The van der Waals surface area contributed by atoms with Gasteiger partial charge in [0.2, 0.25) is 0 Å². The van der Waals surface area contributed by atoms with E-state index >= 15 is 0 Å². The first-order valence-electron chi connectivity index (χ1n) is 4.28. The molecule has 1 rings (SSSR count). The maximum atomic E-state index is 11.3. The quantitative estimate of drug-likeness (QED) is 0.637. The van der Waals surface area contributed by atoms with Crippen molar-refractivity contribution in [2.75, 3.05) is 20.2 Å². The Labute approximate surface area is 72.6 Å². The van der Waals surface area contributed by atoms with E-state index < -0.39 is 0 Å². The normalized spacial score (nSPS) is 18.6. The Morgan fingerprint density at radius 3 is 2.58 bits per heavy atom. The maximum Gasteiger partial charge on any atom is 0.317 e. The van der Waals surface area contributed by atoms with Gasteiger partial charge in [-0.15, -0.1) is 0 Å². The van der Waals surface area contributed by atoms with Gasteiger partial charge in [-0.1, -0.05) is 0 Å². The molecule has 1 fully saturated rings. The van der Waals surface area contributed by atoms with Crippen molar-refractivity contribution in [1.29, 1.82) is 0 Å². The fourth-order valence-electron chi connectivity index (χ4n) is 0.939. The molecule has 0 radical (unpaired) electrons. The smallest absolute Gasteiger partial charge is 0.317 e. The number of hydrogen-bond donors (Lipinski definition) is 2. The Morgan fingerprint density at radius 2 is 2.25 bits per heavy atom. The Kier molecular flexibility index (Phi) is 2.57. The maximum absolute atomic E-state index is 11.3. The van der Waals surface area contributed by atoms with Crippen LogP contribution < -0.4 is 5.32 Å². The zero-order valence-corrected chi connectivity index (χ0v) is 7.63. The lowest BCUT2D eigenvalue weighted by Gasteiger charge is -2.20. The van der Waals surface area contributed by atoms with Crippen molar-refractivity contribution in [3.8, 4) is 0 Å². The standard InChI is InChI=1S/C8H16N2O2/c1-3-10(2)7(12)9-8(6-11)4-5-8/h11H,3-6H2,1-2H3,(H,9,12). The SMILES string of the molecule is CCN(C)C(=O)NC1(CO)CC1. The second-order valence-corrected chi connectivity index (χ2v) is 3.38. The molecule has 0 unspecified atom stereocenters. The zero-order valence-electron chi connectivity index (χ0n) is 7.63. The van der Waals surface area contributed by atoms with Gasteiger partial charge >= 0.3 is 6.03 Å². The molecular formula is C8H16N2O2. The molecule has 1 aliphatic carbocycles. The number of nitrogens with zero attached hydrogens (tertiary/aromatic N) is 1. The Bertz CT molecular complexity index is 178. The Hall–Kier alpha value is -0.770. The van der Waals surface area contributed by atoms with Gasteiger partial charge in [-0.05, 0) is 19.8 Å². The number of urea groups is 1. The monoisotopic (exact) mass is 172 g/mol. The van der Waals surface area contributed by atoms with E-state index in [-0.39, 0.29) is 18.2 Å². The molecule has 1 saturated carbocycles. The Balaban J connectivity index is 2.36. The number of aliphatic hydroxyl groups excluding tert-OH is 1. The molecule has 0 aromatic rings. The van der Waals surface area contributed by atoms with Gasteiger partial charge in [0.1, 0.15) is 0 Å². The van der Waals surface area contributed by atoms with Crippen LogP contribution in [0.5, 0.6) is 0 Å². The van der Waals surface area contributed by atoms with Gasteiger partial charge in [0, 0.05) is 13.6 Å². The summed E-state index contributed by atoms with van der Waals surface area (Å²) in [4.78, 5) is 12.9. The summed E-state index contributed by atoms with van der Waals surface area (Å²) in [5.74, 6) is 0. The summed E-state index contributed by atoms with van der Waals surface area (Å²) < 4.78 is 0. The second-order valence-electron chi connectivity index (χ2n) is 3.38. The molecule has 4 nitrogen and oxygen atoms in total. The lowest BCUT2D eigenvalue weighted by atomic mass is 10.3. The number of nitrogens with one attached hydrogen (secondary N) is 1. The van der Waals surface area contributed by atoms with Gasteiger partial charge in [0.25, 0.3) is 0 Å². The first kappa shape index (κ1) is 9.32. The molecule has 0 aliphatic heterocycles. The summed E-state index contributed by atoms with van der Waals surface area (Å²) in [6.07, 6.45) is 1.79. The van der Waals surface area contributed by atoms with Crippen LogP contribution >= 0.6 is 0 Å². The van der Waals surface area contributed by atoms with Crippen LogP contribution in [0, 0.1) is 0 Å². The third kappa shape index (κ3) is 1.88. The fourth-order valence-corrected chi connectivity index (χ4v) is 0.939. The third-order valence-electron chi connectivity index (χ3n) is 2.35. The number of rotatable bonds is 3. The van der Waals surface area contributed by atoms with E-state index in [0.717, 1.165) is 12.8 Å². The van der Waals surface area contributed by atoms with Crippen molar-refractivity contribution >= 4 is 6.03 Å². The first-order chi connectivity index (χ1) is 5.63. The molecule has 1 aliphatic rings. The van der Waals surface area contributed by atoms with E-state index in [9.17, 15) is 4.79 Å². The minimum atomic E-state index is -0.291. The van der Waals surface area contributed by atoms with Crippen molar-refractivity contribution in [2.24, 2.45) is 0 Å². The summed E-state index contributed by atoms with van der Waals surface area (Å²) >= 11 is 0. The molecule has 0 aromatic heterocycles.